The number of amides is 1. The van der Waals surface area contributed by atoms with Gasteiger partial charge in [-0.3, -0.25) is 4.79 Å². The summed E-state index contributed by atoms with van der Waals surface area (Å²) < 4.78 is 9.07. The molecule has 0 aliphatic rings. The molecule has 1 N–H and O–H groups in total. The topological polar surface area (TPSA) is 61.1 Å². The highest BCUT2D eigenvalue weighted by Crippen LogP contribution is 2.04. The smallest absolute Gasteiger partial charge is 0.220 e. The van der Waals surface area contributed by atoms with Crippen LogP contribution in [0.5, 0.6) is 0 Å². The fraction of sp³-hybridized carbons (Fsp3) is 0.467. The molecule has 0 fully saturated rings. The third-order valence-electron chi connectivity index (χ3n) is 3.46. The number of imidazole rings is 1. The maximum Gasteiger partial charge on any atom is 0.220 e. The first-order valence-corrected chi connectivity index (χ1v) is 7.05. The first-order valence-electron chi connectivity index (χ1n) is 7.05. The van der Waals surface area contributed by atoms with Gasteiger partial charge in [0, 0.05) is 45.2 Å². The zero-order valence-electron chi connectivity index (χ0n) is 12.6. The Morgan fingerprint density at radius 1 is 1.43 bits per heavy atom. The third kappa shape index (κ3) is 4.46. The molecule has 0 aliphatic heterocycles. The zero-order chi connectivity index (χ0) is 15.1. The molecule has 0 saturated carbocycles. The highest BCUT2D eigenvalue weighted by Gasteiger charge is 2.06. The van der Waals surface area contributed by atoms with Crippen LogP contribution in [0.2, 0.25) is 0 Å². The predicted octanol–water partition coefficient (Wildman–Crippen LogP) is 1.12. The molecule has 6 nitrogen and oxygen atoms in total. The molecule has 0 atom stereocenters. The molecule has 0 saturated heterocycles. The quantitative estimate of drug-likeness (QED) is 0.792. The van der Waals surface area contributed by atoms with E-state index in [1.807, 2.05) is 34.5 Å². The van der Waals surface area contributed by atoms with Crippen molar-refractivity contribution in [1.82, 2.24) is 19.4 Å². The Hall–Kier alpha value is -2.08. The molecular formula is C15H22N4O2. The van der Waals surface area contributed by atoms with Gasteiger partial charge >= 0.3 is 0 Å². The molecule has 6 heteroatoms. The van der Waals surface area contributed by atoms with E-state index >= 15 is 0 Å². The molecule has 0 bridgehead atoms. The number of nitrogens with one attached hydrogen (secondary N) is 1. The number of hydrogen-bond donors (Lipinski definition) is 1. The maximum absolute atomic E-state index is 11.9. The number of carbonyl (C=O) groups excluding carboxylic acids is 1. The van der Waals surface area contributed by atoms with Gasteiger partial charge in [0.05, 0.1) is 25.2 Å². The van der Waals surface area contributed by atoms with Crippen LogP contribution in [0.25, 0.3) is 0 Å². The summed E-state index contributed by atoms with van der Waals surface area (Å²) in [6, 6.07) is 4.02. The number of aromatic nitrogens is 3. The largest absolute Gasteiger partial charge is 0.383 e. The SMILES string of the molecule is COCCn1cncc1CNC(=O)CCc1cccn1C. The van der Waals surface area contributed by atoms with Gasteiger partial charge in [0.2, 0.25) is 5.91 Å². The van der Waals surface area contributed by atoms with Gasteiger partial charge in [0.25, 0.3) is 0 Å². The van der Waals surface area contributed by atoms with E-state index in [0.717, 1.165) is 24.4 Å². The van der Waals surface area contributed by atoms with Gasteiger partial charge in [-0.05, 0) is 18.6 Å². The molecule has 0 unspecified atom stereocenters. The number of nitrogens with zero attached hydrogens (tertiary/aromatic N) is 3. The van der Waals surface area contributed by atoms with Crippen molar-refractivity contribution in [1.29, 1.82) is 0 Å². The second-order valence-corrected chi connectivity index (χ2v) is 4.96. The van der Waals surface area contributed by atoms with Crippen LogP contribution < -0.4 is 5.32 Å². The van der Waals surface area contributed by atoms with Crippen LogP contribution in [0.3, 0.4) is 0 Å². The van der Waals surface area contributed by atoms with Crippen LogP contribution >= 0.6 is 0 Å². The lowest BCUT2D eigenvalue weighted by Crippen LogP contribution is -2.24. The van der Waals surface area contributed by atoms with Crippen LogP contribution in [-0.2, 0) is 36.1 Å². The van der Waals surface area contributed by atoms with Crippen LogP contribution in [0.4, 0.5) is 0 Å². The van der Waals surface area contributed by atoms with Gasteiger partial charge in [0.15, 0.2) is 0 Å². The molecule has 2 aromatic heterocycles. The Bertz CT molecular complexity index is 574. The van der Waals surface area contributed by atoms with Gasteiger partial charge in [-0.1, -0.05) is 0 Å². The average Bonchev–Trinajstić information content (AvgIpc) is 3.09. The lowest BCUT2D eigenvalue weighted by Gasteiger charge is -2.09. The normalized spacial score (nSPS) is 10.8. The second kappa shape index (κ2) is 7.64. The minimum atomic E-state index is 0.0516. The summed E-state index contributed by atoms with van der Waals surface area (Å²) in [6.45, 7) is 1.87. The predicted molar refractivity (Wildman–Crippen MR) is 79.7 cm³/mol. The Balaban J connectivity index is 1.76. The summed E-state index contributed by atoms with van der Waals surface area (Å²) in [6.07, 6.45) is 6.75. The molecule has 1 amide bonds. The molecule has 21 heavy (non-hydrogen) atoms. The minimum Gasteiger partial charge on any atom is -0.383 e. The standard InChI is InChI=1S/C15H22N4O2/c1-18-7-3-4-13(18)5-6-15(20)17-11-14-10-16-12-19(14)8-9-21-2/h3-4,7,10,12H,5-6,8-9,11H2,1-2H3,(H,17,20). The van der Waals surface area contributed by atoms with E-state index in [0.29, 0.717) is 19.6 Å². The fourth-order valence-electron chi connectivity index (χ4n) is 2.16. The number of methoxy groups -OCH3 is 1. The molecule has 0 radical (unpaired) electrons. The average molecular weight is 290 g/mol. The number of carbonyl (C=O) groups is 1. The summed E-state index contributed by atoms with van der Waals surface area (Å²) in [5, 5.41) is 2.93. The van der Waals surface area contributed by atoms with E-state index in [2.05, 4.69) is 10.3 Å². The monoisotopic (exact) mass is 290 g/mol. The van der Waals surface area contributed by atoms with Crippen molar-refractivity contribution in [3.63, 3.8) is 0 Å². The first-order chi connectivity index (χ1) is 10.2. The van der Waals surface area contributed by atoms with E-state index in [1.165, 1.54) is 0 Å². The van der Waals surface area contributed by atoms with Gasteiger partial charge in [-0.25, -0.2) is 4.98 Å². The molecule has 2 heterocycles. The van der Waals surface area contributed by atoms with Crippen molar-refractivity contribution < 1.29 is 9.53 Å². The third-order valence-corrected chi connectivity index (χ3v) is 3.46. The van der Waals surface area contributed by atoms with Gasteiger partial charge < -0.3 is 19.2 Å². The fourth-order valence-corrected chi connectivity index (χ4v) is 2.16. The lowest BCUT2D eigenvalue weighted by atomic mass is 10.2. The maximum atomic E-state index is 11.9. The Morgan fingerprint density at radius 2 is 2.29 bits per heavy atom. The molecule has 2 rings (SSSR count). The zero-order valence-corrected chi connectivity index (χ0v) is 12.6. The lowest BCUT2D eigenvalue weighted by molar-refractivity contribution is -0.121. The van der Waals surface area contributed by atoms with Gasteiger partial charge in [0.1, 0.15) is 0 Å². The molecule has 2 aromatic rings. The van der Waals surface area contributed by atoms with Crippen molar-refractivity contribution in [2.24, 2.45) is 7.05 Å². The van der Waals surface area contributed by atoms with Gasteiger partial charge in [-0.15, -0.1) is 0 Å². The van der Waals surface area contributed by atoms with Crippen molar-refractivity contribution in [2.75, 3.05) is 13.7 Å². The molecule has 114 valence electrons. The van der Waals surface area contributed by atoms with Crippen LogP contribution in [0, 0.1) is 0 Å². The second-order valence-electron chi connectivity index (χ2n) is 4.96. The van der Waals surface area contributed by atoms with Crippen LogP contribution in [0.15, 0.2) is 30.9 Å². The summed E-state index contributed by atoms with van der Waals surface area (Å²) >= 11 is 0. The van der Waals surface area contributed by atoms with E-state index in [9.17, 15) is 4.79 Å². The van der Waals surface area contributed by atoms with E-state index in [4.69, 9.17) is 4.74 Å². The Morgan fingerprint density at radius 3 is 3.00 bits per heavy atom. The highest BCUT2D eigenvalue weighted by atomic mass is 16.5. The summed E-state index contributed by atoms with van der Waals surface area (Å²) in [4.78, 5) is 16.0. The van der Waals surface area contributed by atoms with E-state index in [-0.39, 0.29) is 5.91 Å². The number of ether oxygens (including phenoxy) is 1. The number of hydrogen-bond acceptors (Lipinski definition) is 3. The Kier molecular flexibility index (Phi) is 5.57. The minimum absolute atomic E-state index is 0.0516. The van der Waals surface area contributed by atoms with Crippen LogP contribution in [0.1, 0.15) is 17.8 Å². The molecular weight excluding hydrogens is 268 g/mol. The van der Waals surface area contributed by atoms with E-state index < -0.39 is 0 Å². The van der Waals surface area contributed by atoms with E-state index in [1.54, 1.807) is 19.6 Å². The van der Waals surface area contributed by atoms with Crippen molar-refractivity contribution in [3.8, 4) is 0 Å². The number of rotatable bonds is 8. The van der Waals surface area contributed by atoms with Crippen molar-refractivity contribution >= 4 is 5.91 Å². The van der Waals surface area contributed by atoms with Crippen molar-refractivity contribution in [2.45, 2.75) is 25.9 Å². The van der Waals surface area contributed by atoms with Crippen LogP contribution in [-0.4, -0.2) is 33.7 Å². The van der Waals surface area contributed by atoms with Crippen molar-refractivity contribution in [3.05, 3.63) is 42.2 Å². The summed E-state index contributed by atoms with van der Waals surface area (Å²) in [7, 11) is 3.66. The highest BCUT2D eigenvalue weighted by molar-refractivity contribution is 5.76. The Labute approximate surface area is 124 Å². The first kappa shape index (κ1) is 15.3. The number of aryl methyl sites for hydroxylation is 2. The summed E-state index contributed by atoms with van der Waals surface area (Å²) in [5.74, 6) is 0.0516. The molecule has 0 spiro atoms. The summed E-state index contributed by atoms with van der Waals surface area (Å²) in [5.41, 5.74) is 2.15. The van der Waals surface area contributed by atoms with Gasteiger partial charge in [-0.2, -0.15) is 0 Å². The molecule has 0 aromatic carbocycles. The molecule has 0 aliphatic carbocycles.